The molecule has 0 bridgehead atoms. The summed E-state index contributed by atoms with van der Waals surface area (Å²) in [6.45, 7) is 25.7. The first-order valence-electron chi connectivity index (χ1n) is 25.6. The van der Waals surface area contributed by atoms with Gasteiger partial charge in [0.1, 0.15) is 0 Å². The lowest BCUT2D eigenvalue weighted by molar-refractivity contribution is 0.0720. The molecule has 1 N–H and O–H groups in total. The fraction of sp³-hybridized carbons (Fsp3) is 0.483. The summed E-state index contributed by atoms with van der Waals surface area (Å²) < 4.78 is 0. The van der Waals surface area contributed by atoms with E-state index in [1.54, 1.807) is 0 Å². The zero-order valence-corrected chi connectivity index (χ0v) is 41.9. The second kappa shape index (κ2) is 31.4. The van der Waals surface area contributed by atoms with Crippen molar-refractivity contribution in [2.75, 3.05) is 52.4 Å². The molecule has 0 saturated heterocycles. The highest BCUT2D eigenvalue weighted by Crippen LogP contribution is 2.23. The quantitative estimate of drug-likeness (QED) is 0.0486. The maximum absolute atomic E-state index is 13.8. The number of rotatable bonds is 29. The van der Waals surface area contributed by atoms with Crippen molar-refractivity contribution in [2.45, 2.75) is 139 Å². The Morgan fingerprint density at radius 1 is 0.446 bits per heavy atom. The van der Waals surface area contributed by atoms with Gasteiger partial charge in [0.2, 0.25) is 0 Å². The van der Waals surface area contributed by atoms with Crippen molar-refractivity contribution in [2.24, 2.45) is 0 Å². The van der Waals surface area contributed by atoms with Crippen molar-refractivity contribution in [1.82, 2.24) is 20.0 Å². The second-order valence-electron chi connectivity index (χ2n) is 18.3. The molecule has 5 heteroatoms. The van der Waals surface area contributed by atoms with Gasteiger partial charge in [-0.3, -0.25) is 4.79 Å². The van der Waals surface area contributed by atoms with E-state index < -0.39 is 0 Å². The average Bonchev–Trinajstić information content (AvgIpc) is 3.33. The fourth-order valence-corrected chi connectivity index (χ4v) is 8.25. The van der Waals surface area contributed by atoms with Crippen LogP contribution in [0.5, 0.6) is 0 Å². The number of unbranched alkanes of at least 4 members (excludes halogenated alkanes) is 6. The minimum Gasteiger partial charge on any atom is -0.333 e. The van der Waals surface area contributed by atoms with Gasteiger partial charge in [-0.15, -0.1) is 0 Å². The summed E-state index contributed by atoms with van der Waals surface area (Å²) in [6.07, 6.45) is 14.8. The molecule has 5 nitrogen and oxygen atoms in total. The van der Waals surface area contributed by atoms with Gasteiger partial charge >= 0.3 is 0 Å². The van der Waals surface area contributed by atoms with Crippen LogP contribution in [-0.2, 0) is 19.5 Å². The molecule has 0 aliphatic heterocycles. The number of amides is 1. The summed E-state index contributed by atoms with van der Waals surface area (Å²) in [4.78, 5) is 21.0. The molecule has 352 valence electrons. The number of carbonyl (C=O) groups is 1. The highest BCUT2D eigenvalue weighted by atomic mass is 16.2. The van der Waals surface area contributed by atoms with Crippen LogP contribution in [0.3, 0.4) is 0 Å². The molecular formula is C60H86N4O. The Balaban J connectivity index is 0.000000309. The summed E-state index contributed by atoms with van der Waals surface area (Å²) in [6, 6.07) is 43.4. The summed E-state index contributed by atoms with van der Waals surface area (Å²) in [5.41, 5.74) is 12.3. The van der Waals surface area contributed by atoms with E-state index in [-0.39, 0.29) is 5.91 Å². The van der Waals surface area contributed by atoms with Crippen LogP contribution in [0.15, 0.2) is 121 Å². The number of nitrogens with zero attached hydrogens (tertiary/aromatic N) is 3. The minimum absolute atomic E-state index is 0.129. The van der Waals surface area contributed by atoms with Crippen molar-refractivity contribution in [3.8, 4) is 22.3 Å². The van der Waals surface area contributed by atoms with Gasteiger partial charge in [0.15, 0.2) is 0 Å². The third kappa shape index (κ3) is 20.2. The Morgan fingerprint density at radius 2 is 0.908 bits per heavy atom. The molecule has 5 rings (SSSR count). The first-order chi connectivity index (χ1) is 31.8. The first kappa shape index (κ1) is 53.1. The van der Waals surface area contributed by atoms with E-state index >= 15 is 0 Å². The smallest absolute Gasteiger partial charge is 0.254 e. The molecule has 65 heavy (non-hydrogen) atoms. The molecule has 0 fully saturated rings. The largest absolute Gasteiger partial charge is 0.333 e. The molecule has 0 heterocycles. The summed E-state index contributed by atoms with van der Waals surface area (Å²) >= 11 is 0. The molecule has 0 aliphatic carbocycles. The molecule has 0 aromatic heterocycles. The second-order valence-corrected chi connectivity index (χ2v) is 18.3. The third-order valence-corrected chi connectivity index (χ3v) is 12.5. The normalized spacial score (nSPS) is 11.2. The molecule has 0 spiro atoms. The van der Waals surface area contributed by atoms with Crippen LogP contribution in [-0.4, -0.2) is 73.0 Å². The Hall–Kier alpha value is -4.55. The Bertz CT molecular complexity index is 1990. The van der Waals surface area contributed by atoms with Gasteiger partial charge in [-0.1, -0.05) is 193 Å². The van der Waals surface area contributed by atoms with Crippen LogP contribution in [0.4, 0.5) is 0 Å². The van der Waals surface area contributed by atoms with Crippen LogP contribution in [0, 0.1) is 13.8 Å². The van der Waals surface area contributed by atoms with Crippen LogP contribution < -0.4 is 5.32 Å². The third-order valence-electron chi connectivity index (χ3n) is 12.5. The van der Waals surface area contributed by atoms with Crippen molar-refractivity contribution < 1.29 is 4.79 Å². The molecule has 1 amide bonds. The highest BCUT2D eigenvalue weighted by molar-refractivity contribution is 5.94. The Labute approximate surface area is 397 Å². The van der Waals surface area contributed by atoms with Gasteiger partial charge in [-0.2, -0.15) is 0 Å². The summed E-state index contributed by atoms with van der Waals surface area (Å²) in [7, 11) is 0. The van der Waals surface area contributed by atoms with Crippen molar-refractivity contribution in [1.29, 1.82) is 0 Å². The van der Waals surface area contributed by atoms with Crippen LogP contribution in [0.25, 0.3) is 22.3 Å². The van der Waals surface area contributed by atoms with Crippen LogP contribution in [0.2, 0.25) is 0 Å². The van der Waals surface area contributed by atoms with E-state index in [1.807, 2.05) is 12.1 Å². The van der Waals surface area contributed by atoms with Gasteiger partial charge in [0, 0.05) is 44.8 Å². The maximum Gasteiger partial charge on any atom is 0.254 e. The molecular weight excluding hydrogens is 793 g/mol. The standard InChI is InChI=1S/C36H50N2O.C24H36N2/c1-5-8-11-14-31-16-22-34(23-17-31)36(39)38(27-26-37(24-9-6-2)25-10-7-3)29-32-18-20-33(21-19-32)35-15-12-13-30(4)28-35;1-4-6-16-26(17-7-5-2)18-15-25-20-22-11-13-23(14-12-22)24-10-8-9-21(3)19-24/h12-13,15-23,28H,5-11,14,24-27,29H2,1-4H3;8-14,19,25H,4-7,15-18,20H2,1-3H3. The molecule has 0 aliphatic rings. The van der Waals surface area contributed by atoms with E-state index in [1.165, 1.54) is 134 Å². The zero-order valence-electron chi connectivity index (χ0n) is 41.9. The average molecular weight is 879 g/mol. The number of carbonyl (C=O) groups excluding carboxylic acids is 1. The van der Waals surface area contributed by atoms with E-state index in [9.17, 15) is 4.79 Å². The minimum atomic E-state index is 0.129. The molecule has 5 aromatic rings. The predicted octanol–water partition coefficient (Wildman–Crippen LogP) is 14.6. The van der Waals surface area contributed by atoms with Gasteiger partial charge in [0.05, 0.1) is 0 Å². The number of hydrogen-bond acceptors (Lipinski definition) is 4. The lowest BCUT2D eigenvalue weighted by Gasteiger charge is -2.28. The first-order valence-corrected chi connectivity index (χ1v) is 25.6. The summed E-state index contributed by atoms with van der Waals surface area (Å²) in [5.74, 6) is 0.129. The van der Waals surface area contributed by atoms with Crippen molar-refractivity contribution in [3.63, 3.8) is 0 Å². The highest BCUT2D eigenvalue weighted by Gasteiger charge is 2.18. The van der Waals surface area contributed by atoms with E-state index in [2.05, 4.69) is 178 Å². The lowest BCUT2D eigenvalue weighted by Crippen LogP contribution is -2.39. The zero-order chi connectivity index (χ0) is 46.5. The van der Waals surface area contributed by atoms with E-state index in [0.717, 1.165) is 57.8 Å². The molecule has 0 radical (unpaired) electrons. The van der Waals surface area contributed by atoms with Gasteiger partial charge in [-0.05, 0) is 130 Å². The fourth-order valence-electron chi connectivity index (χ4n) is 8.25. The van der Waals surface area contributed by atoms with Gasteiger partial charge in [0.25, 0.3) is 5.91 Å². The van der Waals surface area contributed by atoms with Crippen molar-refractivity contribution in [3.05, 3.63) is 155 Å². The Kier molecular flexibility index (Phi) is 25.6. The molecule has 0 atom stereocenters. The number of hydrogen-bond donors (Lipinski definition) is 1. The topological polar surface area (TPSA) is 38.8 Å². The van der Waals surface area contributed by atoms with Gasteiger partial charge in [-0.25, -0.2) is 0 Å². The van der Waals surface area contributed by atoms with Crippen molar-refractivity contribution >= 4 is 5.91 Å². The SMILES string of the molecule is CCCCCc1ccc(C(=O)N(CCN(CCCC)CCCC)Cc2ccc(-c3cccc(C)c3)cc2)cc1.CCCCN(CCCC)CCNCc1ccc(-c2cccc(C)c2)cc1. The Morgan fingerprint density at radius 3 is 1.38 bits per heavy atom. The molecule has 5 aromatic carbocycles. The van der Waals surface area contributed by atoms with E-state index in [4.69, 9.17) is 0 Å². The van der Waals surface area contributed by atoms with Crippen LogP contribution >= 0.6 is 0 Å². The number of nitrogens with one attached hydrogen (secondary N) is 1. The maximum atomic E-state index is 13.8. The van der Waals surface area contributed by atoms with Gasteiger partial charge < -0.3 is 20.0 Å². The number of aryl methyl sites for hydroxylation is 3. The van der Waals surface area contributed by atoms with E-state index in [0.29, 0.717) is 6.54 Å². The summed E-state index contributed by atoms with van der Waals surface area (Å²) in [5, 5.41) is 3.61. The molecule has 0 unspecified atom stereocenters. The monoisotopic (exact) mass is 879 g/mol. The predicted molar refractivity (Wildman–Crippen MR) is 282 cm³/mol. The van der Waals surface area contributed by atoms with Crippen LogP contribution in [0.1, 0.15) is 143 Å². The number of benzene rings is 5. The molecule has 0 saturated carbocycles. The lowest BCUT2D eigenvalue weighted by atomic mass is 10.0.